The van der Waals surface area contributed by atoms with Gasteiger partial charge in [-0.3, -0.25) is 9.89 Å². The molecule has 0 spiro atoms. The number of aliphatic imine (C=N–C) groups is 1. The zero-order chi connectivity index (χ0) is 21.6. The Morgan fingerprint density at radius 2 is 1.81 bits per heavy atom. The van der Waals surface area contributed by atoms with Gasteiger partial charge in [0, 0.05) is 25.2 Å². The third-order valence-electron chi connectivity index (χ3n) is 5.79. The second kappa shape index (κ2) is 11.6. The monoisotopic (exact) mass is 538 g/mol. The largest absolute Gasteiger partial charge is 0.493 e. The van der Waals surface area contributed by atoms with Crippen molar-refractivity contribution < 1.29 is 9.47 Å². The number of benzene rings is 2. The van der Waals surface area contributed by atoms with Gasteiger partial charge in [0.2, 0.25) is 0 Å². The zero-order valence-electron chi connectivity index (χ0n) is 19.0. The molecule has 0 atom stereocenters. The maximum Gasteiger partial charge on any atom is 0.188 e. The Morgan fingerprint density at radius 1 is 1.10 bits per heavy atom. The number of nitrogens with zero attached hydrogens (tertiary/aromatic N) is 2. The number of ether oxygens (including phenoxy) is 2. The minimum atomic E-state index is -0.0524. The van der Waals surface area contributed by atoms with Gasteiger partial charge >= 0.3 is 0 Å². The Kier molecular flexibility index (Phi) is 9.43. The molecule has 6 nitrogen and oxygen atoms in total. The van der Waals surface area contributed by atoms with Crippen molar-refractivity contribution in [3.8, 4) is 11.5 Å². The molecule has 0 aliphatic carbocycles. The number of fused-ring (bicyclic) bond motifs is 1. The van der Waals surface area contributed by atoms with Crippen LogP contribution in [-0.2, 0) is 19.4 Å². The van der Waals surface area contributed by atoms with E-state index in [1.54, 1.807) is 14.2 Å². The number of nitrogens with one attached hydrogen (secondary N) is 1. The van der Waals surface area contributed by atoms with Gasteiger partial charge < -0.3 is 20.5 Å². The molecule has 0 radical (unpaired) electrons. The van der Waals surface area contributed by atoms with E-state index in [2.05, 4.69) is 53.3 Å². The molecular weight excluding hydrogens is 503 g/mol. The number of rotatable bonds is 8. The summed E-state index contributed by atoms with van der Waals surface area (Å²) in [4.78, 5) is 7.11. The van der Waals surface area contributed by atoms with Crippen molar-refractivity contribution in [1.82, 2.24) is 10.2 Å². The topological polar surface area (TPSA) is 72.1 Å². The Bertz CT molecular complexity index is 886. The molecule has 3 N–H and O–H groups in total. The van der Waals surface area contributed by atoms with Crippen molar-refractivity contribution in [1.29, 1.82) is 0 Å². The summed E-state index contributed by atoms with van der Waals surface area (Å²) >= 11 is 0. The average Bonchev–Trinajstić information content (AvgIpc) is 2.77. The molecule has 1 aliphatic heterocycles. The fourth-order valence-electron chi connectivity index (χ4n) is 3.82. The van der Waals surface area contributed by atoms with Crippen molar-refractivity contribution in [2.24, 2.45) is 10.7 Å². The van der Waals surface area contributed by atoms with E-state index >= 15 is 0 Å². The summed E-state index contributed by atoms with van der Waals surface area (Å²) in [5.74, 6) is 1.96. The molecule has 2 aromatic carbocycles. The van der Waals surface area contributed by atoms with Gasteiger partial charge in [-0.05, 0) is 55.5 Å². The van der Waals surface area contributed by atoms with Crippen LogP contribution in [0.5, 0.6) is 11.5 Å². The summed E-state index contributed by atoms with van der Waals surface area (Å²) in [7, 11) is 3.29. The van der Waals surface area contributed by atoms with E-state index in [0.717, 1.165) is 43.0 Å². The van der Waals surface area contributed by atoms with Gasteiger partial charge in [-0.15, -0.1) is 24.0 Å². The Labute approximate surface area is 203 Å². The van der Waals surface area contributed by atoms with Crippen LogP contribution in [0.2, 0.25) is 0 Å². The summed E-state index contributed by atoms with van der Waals surface area (Å²) < 4.78 is 10.6. The summed E-state index contributed by atoms with van der Waals surface area (Å²) in [5.41, 5.74) is 10.1. The molecule has 3 rings (SSSR count). The SMILES string of the molecule is COc1ccc(CCNC(N)=NCC(C)(C)N2CCc3ccccc3C2)cc1OC.I. The average molecular weight is 538 g/mol. The Balaban J connectivity index is 0.00000341. The normalized spacial score (nSPS) is 14.4. The molecule has 0 bridgehead atoms. The molecule has 0 saturated heterocycles. The molecule has 0 unspecified atom stereocenters. The van der Waals surface area contributed by atoms with Crippen LogP contribution in [0.1, 0.15) is 30.5 Å². The predicted octanol–water partition coefficient (Wildman–Crippen LogP) is 3.61. The van der Waals surface area contributed by atoms with Gasteiger partial charge in [0.15, 0.2) is 17.5 Å². The second-order valence-corrected chi connectivity index (χ2v) is 8.32. The van der Waals surface area contributed by atoms with E-state index in [1.165, 1.54) is 11.1 Å². The molecular formula is C24H35IN4O2. The molecule has 7 heteroatoms. The summed E-state index contributed by atoms with van der Waals surface area (Å²) in [6.45, 7) is 7.85. The van der Waals surface area contributed by atoms with Crippen molar-refractivity contribution in [2.75, 3.05) is 33.9 Å². The van der Waals surface area contributed by atoms with Crippen LogP contribution < -0.4 is 20.5 Å². The number of methoxy groups -OCH3 is 2. The van der Waals surface area contributed by atoms with Crippen LogP contribution in [0.4, 0.5) is 0 Å². The van der Waals surface area contributed by atoms with E-state index in [0.29, 0.717) is 19.0 Å². The zero-order valence-corrected chi connectivity index (χ0v) is 21.3. The van der Waals surface area contributed by atoms with Crippen LogP contribution in [0.25, 0.3) is 0 Å². The lowest BCUT2D eigenvalue weighted by Gasteiger charge is -2.40. The standard InChI is InChI=1S/C24H34N4O2.HI/c1-24(2,28-14-12-19-7-5-6-8-20(19)16-28)17-27-23(25)26-13-11-18-9-10-21(29-3)22(15-18)30-4;/h5-10,15H,11-14,16-17H2,1-4H3,(H3,25,26,27);1H. The van der Waals surface area contributed by atoms with Crippen LogP contribution in [0.3, 0.4) is 0 Å². The Hall–Kier alpha value is -2.00. The quantitative estimate of drug-likeness (QED) is 0.306. The molecule has 170 valence electrons. The molecule has 1 heterocycles. The summed E-state index contributed by atoms with van der Waals surface area (Å²) in [5, 5.41) is 3.23. The van der Waals surface area contributed by atoms with Gasteiger partial charge in [0.05, 0.1) is 20.8 Å². The van der Waals surface area contributed by atoms with E-state index < -0.39 is 0 Å². The van der Waals surface area contributed by atoms with Crippen molar-refractivity contribution >= 4 is 29.9 Å². The van der Waals surface area contributed by atoms with E-state index in [9.17, 15) is 0 Å². The minimum absolute atomic E-state index is 0. The first-order valence-corrected chi connectivity index (χ1v) is 10.5. The van der Waals surface area contributed by atoms with Crippen molar-refractivity contribution in [2.45, 2.75) is 38.8 Å². The van der Waals surface area contributed by atoms with Gasteiger partial charge in [-0.25, -0.2) is 0 Å². The smallest absolute Gasteiger partial charge is 0.188 e. The highest BCUT2D eigenvalue weighted by molar-refractivity contribution is 14.0. The third-order valence-corrected chi connectivity index (χ3v) is 5.79. The summed E-state index contributed by atoms with van der Waals surface area (Å²) in [6.07, 6.45) is 1.91. The number of hydrogen-bond donors (Lipinski definition) is 2. The molecule has 31 heavy (non-hydrogen) atoms. The lowest BCUT2D eigenvalue weighted by Crippen LogP contribution is -2.49. The highest BCUT2D eigenvalue weighted by Crippen LogP contribution is 2.28. The maximum atomic E-state index is 6.13. The van der Waals surface area contributed by atoms with Crippen LogP contribution in [-0.4, -0.2) is 50.3 Å². The van der Waals surface area contributed by atoms with E-state index in [4.69, 9.17) is 15.2 Å². The van der Waals surface area contributed by atoms with Crippen LogP contribution in [0.15, 0.2) is 47.5 Å². The van der Waals surface area contributed by atoms with Crippen LogP contribution >= 0.6 is 24.0 Å². The minimum Gasteiger partial charge on any atom is -0.493 e. The predicted molar refractivity (Wildman–Crippen MR) is 138 cm³/mol. The molecule has 0 aromatic heterocycles. The molecule has 2 aromatic rings. The number of nitrogens with two attached hydrogens (primary N) is 1. The van der Waals surface area contributed by atoms with Crippen molar-refractivity contribution in [3.63, 3.8) is 0 Å². The highest BCUT2D eigenvalue weighted by Gasteiger charge is 2.29. The fourth-order valence-corrected chi connectivity index (χ4v) is 3.82. The number of guanidine groups is 1. The lowest BCUT2D eigenvalue weighted by atomic mass is 9.94. The van der Waals surface area contributed by atoms with Gasteiger partial charge in [0.25, 0.3) is 0 Å². The number of halogens is 1. The van der Waals surface area contributed by atoms with E-state index in [1.807, 2.05) is 18.2 Å². The molecule has 0 amide bonds. The lowest BCUT2D eigenvalue weighted by molar-refractivity contribution is 0.112. The maximum absolute atomic E-state index is 6.13. The van der Waals surface area contributed by atoms with Gasteiger partial charge in [0.1, 0.15) is 0 Å². The first kappa shape index (κ1) is 25.3. The fraction of sp³-hybridized carbons (Fsp3) is 0.458. The second-order valence-electron chi connectivity index (χ2n) is 8.32. The Morgan fingerprint density at radius 3 is 2.52 bits per heavy atom. The molecule has 1 aliphatic rings. The highest BCUT2D eigenvalue weighted by atomic mass is 127. The molecule has 0 saturated carbocycles. The molecule has 0 fully saturated rings. The van der Waals surface area contributed by atoms with Gasteiger partial charge in [-0.2, -0.15) is 0 Å². The van der Waals surface area contributed by atoms with E-state index in [-0.39, 0.29) is 29.5 Å². The van der Waals surface area contributed by atoms with Gasteiger partial charge in [-0.1, -0.05) is 30.3 Å². The van der Waals surface area contributed by atoms with Crippen molar-refractivity contribution in [3.05, 3.63) is 59.2 Å². The first-order valence-electron chi connectivity index (χ1n) is 10.5. The summed E-state index contributed by atoms with van der Waals surface area (Å²) in [6, 6.07) is 14.7. The first-order chi connectivity index (χ1) is 14.4. The number of hydrogen-bond acceptors (Lipinski definition) is 4. The third kappa shape index (κ3) is 6.74. The van der Waals surface area contributed by atoms with Crippen LogP contribution in [0, 0.1) is 0 Å².